The number of nitrogens with zero attached hydrogens (tertiary/aromatic N) is 2. The second-order valence-electron chi connectivity index (χ2n) is 5.32. The van der Waals surface area contributed by atoms with Crippen LogP contribution in [-0.4, -0.2) is 17.1 Å². The summed E-state index contributed by atoms with van der Waals surface area (Å²) in [4.78, 5) is 8.52. The molecule has 0 aliphatic rings. The van der Waals surface area contributed by atoms with Crippen molar-refractivity contribution in [1.29, 1.82) is 0 Å². The molecule has 0 saturated heterocycles. The molecule has 0 aliphatic heterocycles. The molecule has 2 N–H and O–H groups in total. The number of methoxy groups -OCH3 is 1. The number of aromatic nitrogens is 2. The van der Waals surface area contributed by atoms with E-state index in [-0.39, 0.29) is 11.6 Å². The normalized spacial score (nSPS) is 10.4. The van der Waals surface area contributed by atoms with Crippen LogP contribution >= 0.6 is 0 Å². The highest BCUT2D eigenvalue weighted by Gasteiger charge is 2.08. The topological polar surface area (TPSA) is 59.1 Å². The average molecular weight is 342 g/mol. The molecule has 5 nitrogen and oxygen atoms in total. The Morgan fingerprint density at radius 2 is 1.68 bits per heavy atom. The van der Waals surface area contributed by atoms with Gasteiger partial charge < -0.3 is 15.4 Å². The highest BCUT2D eigenvalue weighted by Crippen LogP contribution is 2.22. The van der Waals surface area contributed by atoms with Crippen LogP contribution in [0, 0.1) is 18.6 Å². The van der Waals surface area contributed by atoms with Crippen molar-refractivity contribution in [2.45, 2.75) is 6.92 Å². The van der Waals surface area contributed by atoms with E-state index in [9.17, 15) is 8.78 Å². The lowest BCUT2D eigenvalue weighted by atomic mass is 10.3. The van der Waals surface area contributed by atoms with Crippen molar-refractivity contribution >= 4 is 23.1 Å². The minimum Gasteiger partial charge on any atom is -0.497 e. The molecule has 0 fully saturated rings. The van der Waals surface area contributed by atoms with E-state index in [4.69, 9.17) is 4.74 Å². The van der Waals surface area contributed by atoms with Crippen molar-refractivity contribution in [2.24, 2.45) is 0 Å². The number of nitrogens with one attached hydrogen (secondary N) is 2. The molecule has 2 aromatic carbocycles. The first-order chi connectivity index (χ1) is 12.0. The van der Waals surface area contributed by atoms with Gasteiger partial charge in [-0.15, -0.1) is 0 Å². The molecule has 3 rings (SSSR count). The molecular weight excluding hydrogens is 326 g/mol. The van der Waals surface area contributed by atoms with Crippen LogP contribution < -0.4 is 15.4 Å². The average Bonchev–Trinajstić information content (AvgIpc) is 2.58. The molecule has 0 saturated carbocycles. The summed E-state index contributed by atoms with van der Waals surface area (Å²) in [5.41, 5.74) is 1.61. The van der Waals surface area contributed by atoms with Gasteiger partial charge in [-0.25, -0.2) is 13.8 Å². The second kappa shape index (κ2) is 7.12. The van der Waals surface area contributed by atoms with Gasteiger partial charge in [0.05, 0.1) is 12.8 Å². The first kappa shape index (κ1) is 16.6. The number of ether oxygens (including phenoxy) is 1. The third kappa shape index (κ3) is 4.20. The minimum atomic E-state index is -0.713. The van der Waals surface area contributed by atoms with Crippen LogP contribution in [0.25, 0.3) is 0 Å². The van der Waals surface area contributed by atoms with Gasteiger partial charge >= 0.3 is 0 Å². The fraction of sp³-hybridized carbons (Fsp3) is 0.111. The molecule has 0 aliphatic carbocycles. The molecular formula is C18H16F2N4O. The fourth-order valence-corrected chi connectivity index (χ4v) is 2.22. The Labute approximate surface area is 143 Å². The van der Waals surface area contributed by atoms with Crippen LogP contribution in [0.3, 0.4) is 0 Å². The third-order valence-corrected chi connectivity index (χ3v) is 3.39. The number of rotatable bonds is 5. The summed E-state index contributed by atoms with van der Waals surface area (Å²) in [6, 6.07) is 12.4. The Kier molecular flexibility index (Phi) is 4.74. The van der Waals surface area contributed by atoms with Gasteiger partial charge in [0.15, 0.2) is 0 Å². The van der Waals surface area contributed by atoms with Gasteiger partial charge in [0.1, 0.15) is 23.2 Å². The largest absolute Gasteiger partial charge is 0.497 e. The van der Waals surface area contributed by atoms with Crippen molar-refractivity contribution in [1.82, 2.24) is 9.97 Å². The summed E-state index contributed by atoms with van der Waals surface area (Å²) in [5.74, 6) is 0.146. The van der Waals surface area contributed by atoms with Gasteiger partial charge in [-0.2, -0.15) is 4.98 Å². The number of halogens is 2. The van der Waals surface area contributed by atoms with Crippen LogP contribution in [0.1, 0.15) is 5.69 Å². The lowest BCUT2D eigenvalue weighted by Gasteiger charge is -2.11. The maximum atomic E-state index is 13.8. The predicted molar refractivity (Wildman–Crippen MR) is 92.7 cm³/mol. The van der Waals surface area contributed by atoms with E-state index in [1.54, 1.807) is 20.1 Å². The predicted octanol–water partition coefficient (Wildman–Crippen LogP) is 4.56. The minimum absolute atomic E-state index is 0.0994. The Bertz CT molecular complexity index is 885. The molecule has 3 aromatic rings. The maximum Gasteiger partial charge on any atom is 0.229 e. The van der Waals surface area contributed by atoms with E-state index in [1.165, 1.54) is 6.07 Å². The van der Waals surface area contributed by atoms with Gasteiger partial charge in [-0.05, 0) is 43.3 Å². The summed E-state index contributed by atoms with van der Waals surface area (Å²) in [6.07, 6.45) is 0. The lowest BCUT2D eigenvalue weighted by molar-refractivity contribution is 0.415. The summed E-state index contributed by atoms with van der Waals surface area (Å²) >= 11 is 0. The zero-order valence-corrected chi connectivity index (χ0v) is 13.7. The molecule has 25 heavy (non-hydrogen) atoms. The summed E-state index contributed by atoms with van der Waals surface area (Å²) < 4.78 is 31.9. The maximum absolute atomic E-state index is 13.8. The van der Waals surface area contributed by atoms with E-state index in [0.29, 0.717) is 11.5 Å². The SMILES string of the molecule is COc1ccc(Nc2cc(C)nc(Nc3ccc(F)cc3F)n2)cc1. The van der Waals surface area contributed by atoms with Crippen LogP contribution in [0.15, 0.2) is 48.5 Å². The van der Waals surface area contributed by atoms with Crippen molar-refractivity contribution in [2.75, 3.05) is 17.7 Å². The number of hydrogen-bond acceptors (Lipinski definition) is 5. The Balaban J connectivity index is 1.82. The molecule has 0 amide bonds. The standard InChI is InChI=1S/C18H16F2N4O/c1-11-9-17(22-13-4-6-14(25-2)7-5-13)24-18(21-11)23-16-8-3-12(19)10-15(16)20/h3-10H,1-2H3,(H2,21,22,23,24). The molecule has 0 bridgehead atoms. The van der Waals surface area contributed by atoms with Gasteiger partial charge in [-0.3, -0.25) is 0 Å². The van der Waals surface area contributed by atoms with Crippen LogP contribution in [-0.2, 0) is 0 Å². The Morgan fingerprint density at radius 1 is 0.920 bits per heavy atom. The van der Waals surface area contributed by atoms with Gasteiger partial charge in [0, 0.05) is 23.5 Å². The van der Waals surface area contributed by atoms with E-state index in [0.717, 1.165) is 23.6 Å². The Hall–Kier alpha value is -3.22. The quantitative estimate of drug-likeness (QED) is 0.712. The van der Waals surface area contributed by atoms with E-state index >= 15 is 0 Å². The number of anilines is 4. The van der Waals surface area contributed by atoms with Crippen LogP contribution in [0.5, 0.6) is 5.75 Å². The summed E-state index contributed by atoms with van der Waals surface area (Å²) in [6.45, 7) is 1.80. The molecule has 0 spiro atoms. The molecule has 1 aromatic heterocycles. The Morgan fingerprint density at radius 3 is 2.36 bits per heavy atom. The zero-order valence-electron chi connectivity index (χ0n) is 13.7. The van der Waals surface area contributed by atoms with Crippen LogP contribution in [0.4, 0.5) is 31.9 Å². The molecule has 0 atom stereocenters. The van der Waals surface area contributed by atoms with Crippen molar-refractivity contribution in [3.8, 4) is 5.75 Å². The van der Waals surface area contributed by atoms with Crippen molar-refractivity contribution < 1.29 is 13.5 Å². The first-order valence-corrected chi connectivity index (χ1v) is 7.52. The summed E-state index contributed by atoms with van der Waals surface area (Å²) in [7, 11) is 1.60. The molecule has 7 heteroatoms. The highest BCUT2D eigenvalue weighted by atomic mass is 19.1. The molecule has 0 unspecified atom stereocenters. The van der Waals surface area contributed by atoms with Crippen molar-refractivity contribution in [3.05, 3.63) is 65.9 Å². The third-order valence-electron chi connectivity index (χ3n) is 3.39. The zero-order chi connectivity index (χ0) is 17.8. The number of benzene rings is 2. The molecule has 128 valence electrons. The number of hydrogen-bond donors (Lipinski definition) is 2. The van der Waals surface area contributed by atoms with Gasteiger partial charge in [0.25, 0.3) is 0 Å². The number of aryl methyl sites for hydroxylation is 1. The first-order valence-electron chi connectivity index (χ1n) is 7.52. The summed E-state index contributed by atoms with van der Waals surface area (Å²) in [5, 5.41) is 5.91. The van der Waals surface area contributed by atoms with Gasteiger partial charge in [0.2, 0.25) is 5.95 Å². The second-order valence-corrected chi connectivity index (χ2v) is 5.32. The van der Waals surface area contributed by atoms with E-state index in [1.807, 2.05) is 24.3 Å². The molecule has 1 heterocycles. The lowest BCUT2D eigenvalue weighted by Crippen LogP contribution is -2.03. The van der Waals surface area contributed by atoms with Crippen molar-refractivity contribution in [3.63, 3.8) is 0 Å². The van der Waals surface area contributed by atoms with E-state index in [2.05, 4.69) is 20.6 Å². The monoisotopic (exact) mass is 342 g/mol. The smallest absolute Gasteiger partial charge is 0.229 e. The van der Waals surface area contributed by atoms with Gasteiger partial charge in [-0.1, -0.05) is 0 Å². The van der Waals surface area contributed by atoms with Crippen LogP contribution in [0.2, 0.25) is 0 Å². The highest BCUT2D eigenvalue weighted by molar-refractivity contribution is 5.61. The van der Waals surface area contributed by atoms with E-state index < -0.39 is 11.6 Å². The fourth-order valence-electron chi connectivity index (χ4n) is 2.22. The molecule has 0 radical (unpaired) electrons.